The normalized spacial score (nSPS) is 25.5. The van der Waals surface area contributed by atoms with Crippen molar-refractivity contribution in [2.45, 2.75) is 33.1 Å². The van der Waals surface area contributed by atoms with E-state index in [4.69, 9.17) is 5.11 Å². The van der Waals surface area contributed by atoms with Gasteiger partial charge in [-0.3, -0.25) is 4.79 Å². The van der Waals surface area contributed by atoms with E-state index < -0.39 is 5.97 Å². The highest BCUT2D eigenvalue weighted by molar-refractivity contribution is 5.70. The van der Waals surface area contributed by atoms with Crippen molar-refractivity contribution in [3.05, 3.63) is 11.1 Å². The minimum Gasteiger partial charge on any atom is -0.481 e. The molecule has 0 aliphatic heterocycles. The van der Waals surface area contributed by atoms with Crippen LogP contribution < -0.4 is 0 Å². The maximum atomic E-state index is 10.6. The minimum absolute atomic E-state index is 0.126. The molecule has 1 aliphatic rings. The van der Waals surface area contributed by atoms with Crippen LogP contribution in [0.4, 0.5) is 0 Å². The zero-order chi connectivity index (χ0) is 8.43. The molecule has 0 bridgehead atoms. The molecule has 2 nitrogen and oxygen atoms in total. The molecule has 0 amide bonds. The predicted molar refractivity (Wildman–Crippen MR) is 43.4 cm³/mol. The van der Waals surface area contributed by atoms with Crippen molar-refractivity contribution in [1.29, 1.82) is 0 Å². The number of allylic oxidation sites excluding steroid dienone is 2. The average Bonchev–Trinajstić information content (AvgIpc) is 1.94. The second-order valence-electron chi connectivity index (χ2n) is 3.34. The smallest absolute Gasteiger partial charge is 0.306 e. The van der Waals surface area contributed by atoms with Gasteiger partial charge in [0.25, 0.3) is 0 Å². The molecule has 11 heavy (non-hydrogen) atoms. The zero-order valence-corrected chi connectivity index (χ0v) is 7.05. The van der Waals surface area contributed by atoms with Crippen LogP contribution in [0, 0.1) is 5.92 Å². The van der Waals surface area contributed by atoms with E-state index in [-0.39, 0.29) is 5.92 Å². The number of carboxylic acid groups (broad SMARTS) is 1. The van der Waals surface area contributed by atoms with Crippen LogP contribution in [0.1, 0.15) is 33.1 Å². The molecule has 1 aliphatic carbocycles. The molecule has 0 aromatic heterocycles. The fraction of sp³-hybridized carbons (Fsp3) is 0.667. The Kier molecular flexibility index (Phi) is 2.32. The van der Waals surface area contributed by atoms with Gasteiger partial charge in [-0.25, -0.2) is 0 Å². The van der Waals surface area contributed by atoms with Gasteiger partial charge in [-0.1, -0.05) is 11.1 Å². The molecule has 1 atom stereocenters. The van der Waals surface area contributed by atoms with Gasteiger partial charge in [-0.15, -0.1) is 0 Å². The highest BCUT2D eigenvalue weighted by Crippen LogP contribution is 2.28. The van der Waals surface area contributed by atoms with Crippen LogP contribution in [0.2, 0.25) is 0 Å². The van der Waals surface area contributed by atoms with Crippen molar-refractivity contribution in [1.82, 2.24) is 0 Å². The van der Waals surface area contributed by atoms with E-state index in [2.05, 4.69) is 6.92 Å². The average molecular weight is 154 g/mol. The van der Waals surface area contributed by atoms with Gasteiger partial charge in [0, 0.05) is 0 Å². The molecule has 0 aromatic carbocycles. The maximum Gasteiger partial charge on any atom is 0.306 e. The third kappa shape index (κ3) is 1.82. The second-order valence-corrected chi connectivity index (χ2v) is 3.34. The van der Waals surface area contributed by atoms with Gasteiger partial charge < -0.3 is 5.11 Å². The van der Waals surface area contributed by atoms with Gasteiger partial charge in [0.05, 0.1) is 5.92 Å². The fourth-order valence-corrected chi connectivity index (χ4v) is 1.46. The van der Waals surface area contributed by atoms with E-state index in [9.17, 15) is 4.79 Å². The standard InChI is InChI=1S/C9H14O2/c1-6-3-4-8(9(10)11)5-7(6)2/h8H,3-5H2,1-2H3,(H,10,11)/t8-/m1/s1. The first-order valence-corrected chi connectivity index (χ1v) is 3.99. The highest BCUT2D eigenvalue weighted by Gasteiger charge is 2.22. The SMILES string of the molecule is CC1=C(C)C[C@H](C(=O)O)CC1. The Morgan fingerprint density at radius 3 is 2.55 bits per heavy atom. The van der Waals surface area contributed by atoms with Crippen LogP contribution in [0.3, 0.4) is 0 Å². The van der Waals surface area contributed by atoms with Gasteiger partial charge in [-0.05, 0) is 33.1 Å². The summed E-state index contributed by atoms with van der Waals surface area (Å²) in [5.41, 5.74) is 2.64. The molecule has 0 radical (unpaired) electrons. The summed E-state index contributed by atoms with van der Waals surface area (Å²) in [7, 11) is 0. The van der Waals surface area contributed by atoms with Crippen LogP contribution in [0.25, 0.3) is 0 Å². The number of carboxylic acids is 1. The van der Waals surface area contributed by atoms with E-state index in [1.54, 1.807) is 0 Å². The van der Waals surface area contributed by atoms with E-state index in [0.29, 0.717) is 0 Å². The Morgan fingerprint density at radius 2 is 2.09 bits per heavy atom. The van der Waals surface area contributed by atoms with Crippen LogP contribution >= 0.6 is 0 Å². The monoisotopic (exact) mass is 154 g/mol. The lowest BCUT2D eigenvalue weighted by molar-refractivity contribution is -0.142. The Bertz CT molecular complexity index is 204. The van der Waals surface area contributed by atoms with Crippen molar-refractivity contribution in [3.8, 4) is 0 Å². The molecule has 1 rings (SSSR count). The van der Waals surface area contributed by atoms with E-state index >= 15 is 0 Å². The van der Waals surface area contributed by atoms with Crippen LogP contribution in [0.5, 0.6) is 0 Å². The van der Waals surface area contributed by atoms with Crippen molar-refractivity contribution < 1.29 is 9.90 Å². The quantitative estimate of drug-likeness (QED) is 0.588. The van der Waals surface area contributed by atoms with Gasteiger partial charge in [0.1, 0.15) is 0 Å². The third-order valence-electron chi connectivity index (χ3n) is 2.50. The van der Waals surface area contributed by atoms with Crippen molar-refractivity contribution in [2.75, 3.05) is 0 Å². The first kappa shape index (κ1) is 8.31. The van der Waals surface area contributed by atoms with E-state index in [1.807, 2.05) is 6.92 Å². The number of hydrogen-bond acceptors (Lipinski definition) is 1. The summed E-state index contributed by atoms with van der Waals surface area (Å²) in [5.74, 6) is -0.768. The summed E-state index contributed by atoms with van der Waals surface area (Å²) in [6, 6.07) is 0. The Morgan fingerprint density at radius 1 is 1.45 bits per heavy atom. The molecular weight excluding hydrogens is 140 g/mol. The molecule has 0 saturated heterocycles. The van der Waals surface area contributed by atoms with Crippen LogP contribution in [-0.4, -0.2) is 11.1 Å². The number of carbonyl (C=O) groups is 1. The summed E-state index contributed by atoms with van der Waals surface area (Å²) in [6.07, 6.45) is 2.53. The molecule has 62 valence electrons. The summed E-state index contributed by atoms with van der Waals surface area (Å²) in [4.78, 5) is 10.6. The maximum absolute atomic E-state index is 10.6. The van der Waals surface area contributed by atoms with Gasteiger partial charge >= 0.3 is 5.97 Å². The lowest BCUT2D eigenvalue weighted by Crippen LogP contribution is -2.17. The third-order valence-corrected chi connectivity index (χ3v) is 2.50. The molecule has 2 heteroatoms. The lowest BCUT2D eigenvalue weighted by Gasteiger charge is -2.20. The Hall–Kier alpha value is -0.790. The number of aliphatic carboxylic acids is 1. The molecule has 1 N–H and O–H groups in total. The zero-order valence-electron chi connectivity index (χ0n) is 7.05. The Balaban J connectivity index is 2.64. The van der Waals surface area contributed by atoms with Gasteiger partial charge in [0.2, 0.25) is 0 Å². The van der Waals surface area contributed by atoms with E-state index in [0.717, 1.165) is 19.3 Å². The molecule has 0 unspecified atom stereocenters. The first-order valence-electron chi connectivity index (χ1n) is 3.99. The van der Waals surface area contributed by atoms with Gasteiger partial charge in [-0.2, -0.15) is 0 Å². The van der Waals surface area contributed by atoms with Crippen molar-refractivity contribution in [3.63, 3.8) is 0 Å². The number of hydrogen-bond donors (Lipinski definition) is 1. The van der Waals surface area contributed by atoms with Crippen molar-refractivity contribution in [2.24, 2.45) is 5.92 Å². The molecule has 0 aromatic rings. The summed E-state index contributed by atoms with van der Waals surface area (Å²) in [6.45, 7) is 4.12. The Labute approximate surface area is 66.9 Å². The second kappa shape index (κ2) is 3.07. The molecule has 0 spiro atoms. The summed E-state index contributed by atoms with van der Waals surface area (Å²) in [5, 5.41) is 8.72. The molecule has 0 heterocycles. The summed E-state index contributed by atoms with van der Waals surface area (Å²) >= 11 is 0. The largest absolute Gasteiger partial charge is 0.481 e. The molecule has 0 saturated carbocycles. The summed E-state index contributed by atoms with van der Waals surface area (Å²) < 4.78 is 0. The minimum atomic E-state index is -0.642. The fourth-order valence-electron chi connectivity index (χ4n) is 1.46. The van der Waals surface area contributed by atoms with Crippen LogP contribution in [0.15, 0.2) is 11.1 Å². The van der Waals surface area contributed by atoms with Gasteiger partial charge in [0.15, 0.2) is 0 Å². The topological polar surface area (TPSA) is 37.3 Å². The number of rotatable bonds is 1. The first-order chi connectivity index (χ1) is 5.11. The van der Waals surface area contributed by atoms with Crippen LogP contribution in [-0.2, 0) is 4.79 Å². The van der Waals surface area contributed by atoms with E-state index in [1.165, 1.54) is 11.1 Å². The predicted octanol–water partition coefficient (Wildman–Crippen LogP) is 2.21. The molecular formula is C9H14O2. The highest BCUT2D eigenvalue weighted by atomic mass is 16.4. The van der Waals surface area contributed by atoms with Crippen molar-refractivity contribution >= 4 is 5.97 Å². The molecule has 0 fully saturated rings. The lowest BCUT2D eigenvalue weighted by atomic mass is 9.85.